The van der Waals surface area contributed by atoms with Gasteiger partial charge in [-0.15, -0.1) is 0 Å². The smallest absolute Gasteiger partial charge is 0.305 e. The van der Waals surface area contributed by atoms with Crippen molar-refractivity contribution in [2.24, 2.45) is 5.73 Å². The molecule has 1 amide bonds. The molecule has 0 saturated carbocycles. The maximum atomic E-state index is 12.9. The van der Waals surface area contributed by atoms with Gasteiger partial charge in [-0.1, -0.05) is 30.3 Å². The van der Waals surface area contributed by atoms with Crippen molar-refractivity contribution in [1.29, 1.82) is 5.41 Å². The third-order valence-corrected chi connectivity index (χ3v) is 5.74. The van der Waals surface area contributed by atoms with Crippen molar-refractivity contribution in [3.05, 3.63) is 65.7 Å². The van der Waals surface area contributed by atoms with Crippen molar-refractivity contribution in [3.8, 4) is 0 Å². The molecule has 1 aliphatic rings. The molecular formula is C24H31N5O3. The lowest BCUT2D eigenvalue weighted by molar-refractivity contribution is -0.138. The van der Waals surface area contributed by atoms with Gasteiger partial charge in [-0.2, -0.15) is 0 Å². The summed E-state index contributed by atoms with van der Waals surface area (Å²) in [4.78, 5) is 30.0. The second-order valence-corrected chi connectivity index (χ2v) is 7.98. The second-order valence-electron chi connectivity index (χ2n) is 7.98. The van der Waals surface area contributed by atoms with Crippen LogP contribution in [0.4, 0.5) is 5.69 Å². The maximum absolute atomic E-state index is 12.9. The molecule has 0 radical (unpaired) electrons. The summed E-state index contributed by atoms with van der Waals surface area (Å²) in [6, 6.07) is 17.5. The minimum Gasteiger partial charge on any atom is -0.481 e. The highest BCUT2D eigenvalue weighted by atomic mass is 16.4. The molecule has 1 fully saturated rings. The van der Waals surface area contributed by atoms with Crippen LogP contribution in [0.1, 0.15) is 17.5 Å². The second kappa shape index (κ2) is 11.3. The van der Waals surface area contributed by atoms with E-state index in [1.807, 2.05) is 54.6 Å². The van der Waals surface area contributed by atoms with Gasteiger partial charge in [0.05, 0.1) is 13.0 Å². The Labute approximate surface area is 188 Å². The molecule has 2 aromatic carbocycles. The van der Waals surface area contributed by atoms with Gasteiger partial charge in [-0.3, -0.25) is 19.9 Å². The summed E-state index contributed by atoms with van der Waals surface area (Å²) in [6.45, 7) is 4.14. The van der Waals surface area contributed by atoms with Crippen LogP contribution in [0.5, 0.6) is 0 Å². The molecule has 1 saturated heterocycles. The average Bonchev–Trinajstić information content (AvgIpc) is 2.80. The van der Waals surface area contributed by atoms with E-state index in [9.17, 15) is 9.59 Å². The van der Waals surface area contributed by atoms with Gasteiger partial charge in [0.25, 0.3) is 0 Å². The molecule has 0 aromatic heterocycles. The quantitative estimate of drug-likeness (QED) is 0.385. The number of nitrogens with zero attached hydrogens (tertiary/aromatic N) is 3. The highest BCUT2D eigenvalue weighted by Crippen LogP contribution is 2.17. The van der Waals surface area contributed by atoms with Crippen LogP contribution in [0, 0.1) is 5.41 Å². The number of carbonyl (C=O) groups excluding carboxylic acids is 1. The topological polar surface area (TPSA) is 114 Å². The predicted molar refractivity (Wildman–Crippen MR) is 125 cm³/mol. The molecule has 2 aromatic rings. The lowest BCUT2D eigenvalue weighted by Gasteiger charge is -2.36. The number of amidine groups is 1. The number of nitrogens with two attached hydrogens (primary N) is 1. The Hall–Kier alpha value is -3.39. The molecule has 0 atom stereocenters. The number of carbonyl (C=O) groups is 2. The highest BCUT2D eigenvalue weighted by Gasteiger charge is 2.22. The van der Waals surface area contributed by atoms with Crippen molar-refractivity contribution < 1.29 is 14.7 Å². The van der Waals surface area contributed by atoms with Crippen molar-refractivity contribution in [2.45, 2.75) is 12.8 Å². The van der Waals surface area contributed by atoms with Gasteiger partial charge in [0.2, 0.25) is 5.91 Å². The monoisotopic (exact) mass is 437 g/mol. The standard InChI is InChI=1S/C24H31N5O3/c25-24(26)20-6-8-21(9-7-20)28-16-14-27(15-17-28)18-22(30)29(13-11-23(31)32)12-10-19-4-2-1-3-5-19/h1-9H,10-18H2,(H3,25,26)(H,31,32). The Kier molecular flexibility index (Phi) is 8.21. The van der Waals surface area contributed by atoms with Gasteiger partial charge in [0.15, 0.2) is 0 Å². The molecular weight excluding hydrogens is 406 g/mol. The maximum Gasteiger partial charge on any atom is 0.305 e. The van der Waals surface area contributed by atoms with Gasteiger partial charge in [-0.25, -0.2) is 0 Å². The number of hydrogen-bond donors (Lipinski definition) is 3. The number of carboxylic acids is 1. The van der Waals surface area contributed by atoms with Gasteiger partial charge >= 0.3 is 5.97 Å². The Morgan fingerprint density at radius 2 is 1.62 bits per heavy atom. The summed E-state index contributed by atoms with van der Waals surface area (Å²) in [6.07, 6.45) is 0.654. The SMILES string of the molecule is N=C(N)c1ccc(N2CCN(CC(=O)N(CCC(=O)O)CCc3ccccc3)CC2)cc1. The molecule has 4 N–H and O–H groups in total. The number of rotatable bonds is 10. The first kappa shape index (κ1) is 23.3. The molecule has 1 heterocycles. The Balaban J connectivity index is 1.51. The van der Waals surface area contributed by atoms with Crippen molar-refractivity contribution in [1.82, 2.24) is 9.80 Å². The summed E-state index contributed by atoms with van der Waals surface area (Å²) in [7, 11) is 0. The number of piperazine rings is 1. The van der Waals surface area contributed by atoms with E-state index in [0.717, 1.165) is 37.4 Å². The number of hydrogen-bond acceptors (Lipinski definition) is 5. The fraction of sp³-hybridized carbons (Fsp3) is 0.375. The van der Waals surface area contributed by atoms with Gasteiger partial charge in [0, 0.05) is 50.5 Å². The molecule has 8 heteroatoms. The first-order valence-corrected chi connectivity index (χ1v) is 10.9. The molecule has 8 nitrogen and oxygen atoms in total. The summed E-state index contributed by atoms with van der Waals surface area (Å²) in [5.41, 5.74) is 8.43. The van der Waals surface area contributed by atoms with Crippen LogP contribution in [0.2, 0.25) is 0 Å². The summed E-state index contributed by atoms with van der Waals surface area (Å²) in [5, 5.41) is 16.6. The van der Waals surface area contributed by atoms with Gasteiger partial charge in [0.1, 0.15) is 5.84 Å². The number of amides is 1. The van der Waals surface area contributed by atoms with E-state index in [-0.39, 0.29) is 24.7 Å². The minimum atomic E-state index is -0.896. The van der Waals surface area contributed by atoms with Crippen molar-refractivity contribution in [2.75, 3.05) is 50.7 Å². The molecule has 32 heavy (non-hydrogen) atoms. The number of nitrogens with one attached hydrogen (secondary N) is 1. The first-order chi connectivity index (χ1) is 15.4. The number of nitrogen functional groups attached to an aromatic ring is 1. The Bertz CT molecular complexity index is 909. The van der Waals surface area contributed by atoms with Crippen LogP contribution in [-0.4, -0.2) is 78.4 Å². The summed E-state index contributed by atoms with van der Waals surface area (Å²) >= 11 is 0. The highest BCUT2D eigenvalue weighted by molar-refractivity contribution is 5.95. The lowest BCUT2D eigenvalue weighted by atomic mass is 10.1. The minimum absolute atomic E-state index is 0.0264. The van der Waals surface area contributed by atoms with Gasteiger partial charge in [-0.05, 0) is 36.2 Å². The number of anilines is 1. The molecule has 170 valence electrons. The fourth-order valence-corrected chi connectivity index (χ4v) is 3.81. The molecule has 1 aliphatic heterocycles. The van der Waals surface area contributed by atoms with Crippen LogP contribution < -0.4 is 10.6 Å². The number of aliphatic carboxylic acids is 1. The normalized spacial score (nSPS) is 14.2. The summed E-state index contributed by atoms with van der Waals surface area (Å²) < 4.78 is 0. The Morgan fingerprint density at radius 3 is 2.22 bits per heavy atom. The number of benzene rings is 2. The van der Waals surface area contributed by atoms with E-state index in [0.29, 0.717) is 25.1 Å². The van der Waals surface area contributed by atoms with E-state index in [1.165, 1.54) is 0 Å². The molecule has 0 unspecified atom stereocenters. The van der Waals surface area contributed by atoms with Crippen LogP contribution in [0.15, 0.2) is 54.6 Å². The van der Waals surface area contributed by atoms with E-state index in [2.05, 4.69) is 9.80 Å². The predicted octanol–water partition coefficient (Wildman–Crippen LogP) is 1.64. The zero-order valence-corrected chi connectivity index (χ0v) is 18.2. The molecule has 0 spiro atoms. The molecule has 0 aliphatic carbocycles. The van der Waals surface area contributed by atoms with Crippen molar-refractivity contribution >= 4 is 23.4 Å². The van der Waals surface area contributed by atoms with E-state index in [4.69, 9.17) is 16.2 Å². The van der Waals surface area contributed by atoms with Crippen LogP contribution in [-0.2, 0) is 16.0 Å². The lowest BCUT2D eigenvalue weighted by Crippen LogP contribution is -2.50. The zero-order chi connectivity index (χ0) is 22.9. The number of carboxylic acid groups (broad SMARTS) is 1. The summed E-state index contributed by atoms with van der Waals surface area (Å²) in [5.74, 6) is -0.868. The third-order valence-electron chi connectivity index (χ3n) is 5.74. The van der Waals surface area contributed by atoms with E-state index in [1.54, 1.807) is 4.90 Å². The molecule has 0 bridgehead atoms. The third kappa shape index (κ3) is 6.81. The first-order valence-electron chi connectivity index (χ1n) is 10.9. The zero-order valence-electron chi connectivity index (χ0n) is 18.2. The van der Waals surface area contributed by atoms with E-state index >= 15 is 0 Å². The van der Waals surface area contributed by atoms with E-state index < -0.39 is 5.97 Å². The van der Waals surface area contributed by atoms with Crippen LogP contribution >= 0.6 is 0 Å². The Morgan fingerprint density at radius 1 is 0.969 bits per heavy atom. The van der Waals surface area contributed by atoms with Crippen LogP contribution in [0.25, 0.3) is 0 Å². The van der Waals surface area contributed by atoms with Gasteiger partial charge < -0.3 is 20.6 Å². The fourth-order valence-electron chi connectivity index (χ4n) is 3.81. The average molecular weight is 438 g/mol. The largest absolute Gasteiger partial charge is 0.481 e. The van der Waals surface area contributed by atoms with Crippen LogP contribution in [0.3, 0.4) is 0 Å². The van der Waals surface area contributed by atoms with Crippen molar-refractivity contribution in [3.63, 3.8) is 0 Å². The molecule has 3 rings (SSSR count).